The van der Waals surface area contributed by atoms with Crippen LogP contribution in [-0.2, 0) is 17.8 Å². The summed E-state index contributed by atoms with van der Waals surface area (Å²) in [7, 11) is 1.30. The number of hydrogen-bond donors (Lipinski definition) is 0. The second kappa shape index (κ2) is 8.69. The average Bonchev–Trinajstić information content (AvgIpc) is 3.28. The van der Waals surface area contributed by atoms with E-state index < -0.39 is 5.97 Å². The number of nitrogens with zero attached hydrogens (tertiary/aromatic N) is 1. The molecule has 0 unspecified atom stereocenters. The molecule has 0 atom stereocenters. The van der Waals surface area contributed by atoms with Crippen LogP contribution in [-0.4, -0.2) is 30.7 Å². The SMILES string of the molecule is COC(=O)c1ccccc1C(=O)N(Cc1ccccc1)Cc1cccc2c1OCO2. The first-order chi connectivity index (χ1) is 14.7. The molecule has 0 aromatic heterocycles. The Kier molecular flexibility index (Phi) is 5.66. The van der Waals surface area contributed by atoms with Crippen LogP contribution in [0.1, 0.15) is 31.8 Å². The van der Waals surface area contributed by atoms with Gasteiger partial charge in [-0.1, -0.05) is 54.6 Å². The predicted octanol–water partition coefficient (Wildman–Crippen LogP) is 4.04. The minimum absolute atomic E-state index is 0.157. The Labute approximate surface area is 174 Å². The molecule has 0 saturated heterocycles. The molecule has 0 radical (unpaired) electrons. The first-order valence-electron chi connectivity index (χ1n) is 9.55. The summed E-state index contributed by atoms with van der Waals surface area (Å²) in [4.78, 5) is 27.4. The zero-order valence-corrected chi connectivity index (χ0v) is 16.5. The van der Waals surface area contributed by atoms with Gasteiger partial charge in [0.2, 0.25) is 6.79 Å². The maximum atomic E-state index is 13.5. The number of esters is 1. The molecule has 3 aromatic rings. The first-order valence-corrected chi connectivity index (χ1v) is 9.55. The number of rotatable bonds is 6. The van der Waals surface area contributed by atoms with E-state index in [1.807, 2.05) is 48.5 Å². The third-order valence-electron chi connectivity index (χ3n) is 4.91. The summed E-state index contributed by atoms with van der Waals surface area (Å²) < 4.78 is 15.9. The number of carbonyl (C=O) groups is 2. The molecule has 152 valence electrons. The lowest BCUT2D eigenvalue weighted by Gasteiger charge is -2.24. The van der Waals surface area contributed by atoms with E-state index in [0.29, 0.717) is 30.2 Å². The van der Waals surface area contributed by atoms with Crippen molar-refractivity contribution in [1.82, 2.24) is 4.90 Å². The van der Waals surface area contributed by atoms with Crippen LogP contribution >= 0.6 is 0 Å². The minimum atomic E-state index is -0.545. The van der Waals surface area contributed by atoms with E-state index in [-0.39, 0.29) is 18.3 Å². The molecule has 0 N–H and O–H groups in total. The number of benzene rings is 3. The Morgan fingerprint density at radius 2 is 1.60 bits per heavy atom. The number of para-hydroxylation sites is 1. The summed E-state index contributed by atoms with van der Waals surface area (Å²) >= 11 is 0. The van der Waals surface area contributed by atoms with E-state index in [4.69, 9.17) is 14.2 Å². The number of methoxy groups -OCH3 is 1. The van der Waals surface area contributed by atoms with Crippen molar-refractivity contribution in [2.45, 2.75) is 13.1 Å². The Hall–Kier alpha value is -3.80. The fourth-order valence-electron chi connectivity index (χ4n) is 3.45. The van der Waals surface area contributed by atoms with Gasteiger partial charge in [-0.3, -0.25) is 4.79 Å². The second-order valence-electron chi connectivity index (χ2n) is 6.83. The Bertz CT molecular complexity index is 1060. The molecule has 1 heterocycles. The highest BCUT2D eigenvalue weighted by Gasteiger charge is 2.25. The summed E-state index contributed by atoms with van der Waals surface area (Å²) in [6, 6.07) is 22.0. The molecule has 6 heteroatoms. The highest BCUT2D eigenvalue weighted by Crippen LogP contribution is 2.36. The molecule has 3 aromatic carbocycles. The van der Waals surface area contributed by atoms with E-state index >= 15 is 0 Å². The molecule has 0 spiro atoms. The number of fused-ring (bicyclic) bond motifs is 1. The van der Waals surface area contributed by atoms with Crippen LogP contribution in [0.3, 0.4) is 0 Å². The molecule has 0 bridgehead atoms. The van der Waals surface area contributed by atoms with Gasteiger partial charge in [0.25, 0.3) is 5.91 Å². The van der Waals surface area contributed by atoms with Crippen molar-refractivity contribution < 1.29 is 23.8 Å². The van der Waals surface area contributed by atoms with Crippen molar-refractivity contribution >= 4 is 11.9 Å². The van der Waals surface area contributed by atoms with Crippen molar-refractivity contribution in [2.75, 3.05) is 13.9 Å². The first kappa shape index (κ1) is 19.5. The molecular formula is C24H21NO5. The van der Waals surface area contributed by atoms with Crippen molar-refractivity contribution in [3.05, 3.63) is 95.1 Å². The molecular weight excluding hydrogens is 382 g/mol. The van der Waals surface area contributed by atoms with Crippen LogP contribution in [0.25, 0.3) is 0 Å². The Balaban J connectivity index is 1.70. The normalized spacial score (nSPS) is 11.8. The zero-order chi connectivity index (χ0) is 20.9. The topological polar surface area (TPSA) is 65.1 Å². The monoisotopic (exact) mass is 403 g/mol. The lowest BCUT2D eigenvalue weighted by atomic mass is 10.0. The molecule has 30 heavy (non-hydrogen) atoms. The van der Waals surface area contributed by atoms with Crippen LogP contribution in [0.5, 0.6) is 11.5 Å². The highest BCUT2D eigenvalue weighted by molar-refractivity contribution is 6.05. The smallest absolute Gasteiger partial charge is 0.338 e. The third kappa shape index (κ3) is 3.98. The van der Waals surface area contributed by atoms with Gasteiger partial charge in [0.1, 0.15) is 0 Å². The van der Waals surface area contributed by atoms with Gasteiger partial charge in [-0.25, -0.2) is 4.79 Å². The van der Waals surface area contributed by atoms with Gasteiger partial charge < -0.3 is 19.1 Å². The largest absolute Gasteiger partial charge is 0.465 e. The summed E-state index contributed by atoms with van der Waals surface area (Å²) in [5.41, 5.74) is 2.35. The Morgan fingerprint density at radius 3 is 2.37 bits per heavy atom. The van der Waals surface area contributed by atoms with E-state index in [9.17, 15) is 9.59 Å². The maximum absolute atomic E-state index is 13.5. The number of carbonyl (C=O) groups excluding carboxylic acids is 2. The summed E-state index contributed by atoms with van der Waals surface area (Å²) in [5, 5.41) is 0. The third-order valence-corrected chi connectivity index (χ3v) is 4.91. The van der Waals surface area contributed by atoms with Crippen LogP contribution < -0.4 is 9.47 Å². The van der Waals surface area contributed by atoms with Crippen molar-refractivity contribution in [2.24, 2.45) is 0 Å². The van der Waals surface area contributed by atoms with E-state index in [2.05, 4.69) is 0 Å². The fraction of sp³-hybridized carbons (Fsp3) is 0.167. The lowest BCUT2D eigenvalue weighted by Crippen LogP contribution is -2.31. The predicted molar refractivity (Wildman–Crippen MR) is 110 cm³/mol. The van der Waals surface area contributed by atoms with Gasteiger partial charge in [0, 0.05) is 12.1 Å². The number of ether oxygens (including phenoxy) is 3. The standard InChI is InChI=1S/C24H21NO5/c1-28-24(27)20-12-6-5-11-19(20)23(26)25(14-17-8-3-2-4-9-17)15-18-10-7-13-21-22(18)30-16-29-21/h2-13H,14-16H2,1H3. The molecule has 4 rings (SSSR count). The van der Waals surface area contributed by atoms with Crippen LogP contribution in [0, 0.1) is 0 Å². The van der Waals surface area contributed by atoms with Crippen LogP contribution in [0.2, 0.25) is 0 Å². The maximum Gasteiger partial charge on any atom is 0.338 e. The Morgan fingerprint density at radius 1 is 0.867 bits per heavy atom. The lowest BCUT2D eigenvalue weighted by molar-refractivity contribution is 0.0588. The van der Waals surface area contributed by atoms with Gasteiger partial charge in [0.05, 0.1) is 24.8 Å². The van der Waals surface area contributed by atoms with Gasteiger partial charge in [-0.2, -0.15) is 0 Å². The quantitative estimate of drug-likeness (QED) is 0.581. The van der Waals surface area contributed by atoms with E-state index in [1.54, 1.807) is 29.2 Å². The van der Waals surface area contributed by atoms with Gasteiger partial charge in [0.15, 0.2) is 11.5 Å². The molecule has 0 aliphatic carbocycles. The number of amides is 1. The molecule has 1 amide bonds. The van der Waals surface area contributed by atoms with Crippen LogP contribution in [0.15, 0.2) is 72.8 Å². The molecule has 0 fully saturated rings. The van der Waals surface area contributed by atoms with Gasteiger partial charge in [-0.15, -0.1) is 0 Å². The molecule has 6 nitrogen and oxygen atoms in total. The summed E-state index contributed by atoms with van der Waals surface area (Å²) in [5.74, 6) is 0.492. The van der Waals surface area contributed by atoms with Crippen LogP contribution in [0.4, 0.5) is 0 Å². The highest BCUT2D eigenvalue weighted by atomic mass is 16.7. The number of hydrogen-bond acceptors (Lipinski definition) is 5. The second-order valence-corrected chi connectivity index (χ2v) is 6.83. The van der Waals surface area contributed by atoms with E-state index in [1.165, 1.54) is 7.11 Å². The summed E-state index contributed by atoms with van der Waals surface area (Å²) in [6.07, 6.45) is 0. The van der Waals surface area contributed by atoms with E-state index in [0.717, 1.165) is 11.1 Å². The summed E-state index contributed by atoms with van der Waals surface area (Å²) in [6.45, 7) is 0.833. The minimum Gasteiger partial charge on any atom is -0.465 e. The van der Waals surface area contributed by atoms with Gasteiger partial charge in [-0.05, 0) is 23.8 Å². The average molecular weight is 403 g/mol. The molecule has 1 aliphatic rings. The van der Waals surface area contributed by atoms with Crippen molar-refractivity contribution in [3.63, 3.8) is 0 Å². The van der Waals surface area contributed by atoms with Crippen molar-refractivity contribution in [1.29, 1.82) is 0 Å². The molecule has 1 aliphatic heterocycles. The van der Waals surface area contributed by atoms with Crippen molar-refractivity contribution in [3.8, 4) is 11.5 Å². The zero-order valence-electron chi connectivity index (χ0n) is 16.5. The van der Waals surface area contributed by atoms with Gasteiger partial charge >= 0.3 is 5.97 Å². The fourth-order valence-corrected chi connectivity index (χ4v) is 3.45. The molecule has 0 saturated carbocycles.